The van der Waals surface area contributed by atoms with Gasteiger partial charge in [0, 0.05) is 32.7 Å². The Labute approximate surface area is 226 Å². The van der Waals surface area contributed by atoms with E-state index in [0.29, 0.717) is 24.6 Å². The summed E-state index contributed by atoms with van der Waals surface area (Å²) in [6.45, 7) is 9.66. The van der Waals surface area contributed by atoms with E-state index in [1.165, 1.54) is 20.9 Å². The number of halogens is 3. The molecule has 210 valence electrons. The van der Waals surface area contributed by atoms with Gasteiger partial charge in [-0.3, -0.25) is 0 Å². The number of hydrogen-bond donors (Lipinski definition) is 3. The van der Waals surface area contributed by atoms with Crippen molar-refractivity contribution in [1.29, 1.82) is 0 Å². The van der Waals surface area contributed by atoms with Crippen LogP contribution in [-0.4, -0.2) is 66.5 Å². The quantitative estimate of drug-likeness (QED) is 0.163. The maximum Gasteiger partial charge on any atom is 0.410 e. The Morgan fingerprint density at radius 3 is 2.30 bits per heavy atom. The van der Waals surface area contributed by atoms with Crippen LogP contribution in [0.25, 0.3) is 0 Å². The lowest BCUT2D eigenvalue weighted by Crippen LogP contribution is -2.64. The van der Waals surface area contributed by atoms with Gasteiger partial charge in [0.15, 0.2) is 5.82 Å². The van der Waals surface area contributed by atoms with E-state index in [1.807, 2.05) is 20.8 Å². The summed E-state index contributed by atoms with van der Waals surface area (Å²) < 4.78 is 44.2. The van der Waals surface area contributed by atoms with Crippen molar-refractivity contribution < 1.29 is 22.7 Å². The molecule has 4 heterocycles. The topological polar surface area (TPSA) is 90.4 Å². The van der Waals surface area contributed by atoms with Gasteiger partial charge in [0.2, 0.25) is 0 Å². The molecule has 1 amide bonds. The number of rotatable bonds is 7. The van der Waals surface area contributed by atoms with E-state index < -0.39 is 23.6 Å². The van der Waals surface area contributed by atoms with Crippen molar-refractivity contribution in [3.63, 3.8) is 0 Å². The number of carbonyl (C=O) groups is 1. The normalized spacial score (nSPS) is 19.6. The number of fused-ring (bicyclic) bond motifs is 3. The number of nitrogens with one attached hydrogen (secondary N) is 1. The summed E-state index contributed by atoms with van der Waals surface area (Å²) in [5.74, 6) is 0.847. The Morgan fingerprint density at radius 2 is 1.78 bits per heavy atom. The third kappa shape index (κ3) is 8.72. The molecule has 3 saturated heterocycles. The molecule has 0 spiro atoms. The molecule has 0 aromatic carbocycles. The monoisotopic (exact) mass is 566 g/mol. The second-order valence-corrected chi connectivity index (χ2v) is 11.1. The fourth-order valence-electron chi connectivity index (χ4n) is 4.61. The molecule has 37 heavy (non-hydrogen) atoms. The molecule has 3 fully saturated rings. The highest BCUT2D eigenvalue weighted by atomic mass is 33.1. The van der Waals surface area contributed by atoms with Crippen LogP contribution in [0.1, 0.15) is 53.9 Å². The molecule has 1 N–H and O–H groups in total. The number of amides is 1. The van der Waals surface area contributed by atoms with E-state index in [1.54, 1.807) is 17.0 Å². The van der Waals surface area contributed by atoms with E-state index in [9.17, 15) is 22.9 Å². The second-order valence-electron chi connectivity index (χ2n) is 11.1. The van der Waals surface area contributed by atoms with E-state index in [-0.39, 0.29) is 30.5 Å². The molecular weight excluding hydrogens is 529 g/mol. The van der Waals surface area contributed by atoms with Gasteiger partial charge in [-0.1, -0.05) is 13.8 Å². The van der Waals surface area contributed by atoms with Crippen LogP contribution in [0.5, 0.6) is 0 Å². The van der Waals surface area contributed by atoms with Gasteiger partial charge in [-0.2, -0.15) is 13.2 Å². The number of nitroso groups, excluding NO2 is 1. The van der Waals surface area contributed by atoms with Gasteiger partial charge in [-0.25, -0.2) is 14.8 Å². The zero-order chi connectivity index (χ0) is 28.2. The van der Waals surface area contributed by atoms with E-state index in [4.69, 9.17) is 4.74 Å². The predicted molar refractivity (Wildman–Crippen MR) is 146 cm³/mol. The first kappa shape index (κ1) is 31.1. The van der Waals surface area contributed by atoms with Crippen LogP contribution in [0.15, 0.2) is 17.4 Å². The summed E-state index contributed by atoms with van der Waals surface area (Å²) in [7, 11) is 1.44. The second kappa shape index (κ2) is 12.2. The van der Waals surface area contributed by atoms with Crippen LogP contribution in [0.3, 0.4) is 0 Å². The first-order valence-electron chi connectivity index (χ1n) is 11.9. The largest absolute Gasteiger partial charge is 0.444 e. The molecular formula is C23H37F3N6O3S2. The number of thiol groups is 2. The number of piperidine rings is 2. The molecule has 0 saturated carbocycles. The van der Waals surface area contributed by atoms with Crippen LogP contribution < -0.4 is 15.2 Å². The zero-order valence-corrected chi connectivity index (χ0v) is 23.8. The van der Waals surface area contributed by atoms with E-state index in [0.717, 1.165) is 17.9 Å². The van der Waals surface area contributed by atoms with Crippen LogP contribution in [-0.2, 0) is 4.74 Å². The average molecular weight is 567 g/mol. The summed E-state index contributed by atoms with van der Waals surface area (Å²) in [4.78, 5) is 32.4. The van der Waals surface area contributed by atoms with Crippen LogP contribution in [0.4, 0.5) is 35.3 Å². The minimum Gasteiger partial charge on any atom is -0.444 e. The Bertz CT molecular complexity index is 945. The molecule has 9 nitrogen and oxygen atoms in total. The summed E-state index contributed by atoms with van der Waals surface area (Å²) >= 11 is 6.44. The molecule has 2 bridgehead atoms. The van der Waals surface area contributed by atoms with E-state index in [2.05, 4.69) is 43.8 Å². The molecule has 2 atom stereocenters. The zero-order valence-electron chi connectivity index (χ0n) is 22.0. The van der Waals surface area contributed by atoms with Crippen molar-refractivity contribution >= 4 is 46.7 Å². The molecule has 0 radical (unpaired) electrons. The summed E-state index contributed by atoms with van der Waals surface area (Å²) in [5.41, 5.74) is -1.21. The van der Waals surface area contributed by atoms with Crippen molar-refractivity contribution in [2.24, 2.45) is 10.7 Å². The van der Waals surface area contributed by atoms with Crippen molar-refractivity contribution in [1.82, 2.24) is 9.88 Å². The molecule has 1 aromatic rings. The highest BCUT2D eigenvalue weighted by Gasteiger charge is 2.43. The Hall–Kier alpha value is -2.09. The fourth-order valence-corrected chi connectivity index (χ4v) is 4.61. The van der Waals surface area contributed by atoms with Crippen LogP contribution in [0, 0.1) is 10.3 Å². The molecule has 0 aliphatic carbocycles. The number of nitrogens with zero attached hydrogens (tertiary/aromatic N) is 5. The number of pyridine rings is 1. The Balaban J connectivity index is 0.00000235. The Morgan fingerprint density at radius 1 is 1.16 bits per heavy atom. The molecule has 14 heteroatoms. The number of anilines is 3. The predicted octanol–water partition coefficient (Wildman–Crippen LogP) is 5.94. The number of carbonyl (C=O) groups excluding carboxylic acids is 1. The van der Waals surface area contributed by atoms with Crippen molar-refractivity contribution in [3.8, 4) is 0 Å². The van der Waals surface area contributed by atoms with Gasteiger partial charge >= 0.3 is 12.3 Å². The van der Waals surface area contributed by atoms with Gasteiger partial charge < -0.3 is 19.9 Å². The van der Waals surface area contributed by atoms with Crippen LogP contribution in [0.2, 0.25) is 0 Å². The lowest BCUT2D eigenvalue weighted by molar-refractivity contribution is -0.152. The minimum atomic E-state index is -4.28. The molecule has 3 aliphatic heterocycles. The maximum atomic E-state index is 12.9. The third-order valence-electron chi connectivity index (χ3n) is 6.18. The Kier molecular flexibility index (Phi) is 10.2. The van der Waals surface area contributed by atoms with Crippen LogP contribution >= 0.6 is 23.3 Å². The maximum absolute atomic E-state index is 12.9. The summed E-state index contributed by atoms with van der Waals surface area (Å²) in [5, 5.41) is 7.00. The SMILES string of the molecule is CN(N=O)c1nc(N2CC3CCC2CN3C(=O)OC(C)(C)C)ccc1NCC(C)(C)CC(F)(F)F.SS. The van der Waals surface area contributed by atoms with Crippen molar-refractivity contribution in [2.45, 2.75) is 77.7 Å². The third-order valence-corrected chi connectivity index (χ3v) is 6.18. The molecule has 4 rings (SSSR count). The molecule has 1 aromatic heterocycles. The van der Waals surface area contributed by atoms with E-state index >= 15 is 0 Å². The molecule has 2 unspecified atom stereocenters. The number of ether oxygens (including phenoxy) is 1. The number of hydrogen-bond acceptors (Lipinski definition) is 9. The van der Waals surface area contributed by atoms with Gasteiger partial charge in [-0.05, 0) is 51.2 Å². The highest BCUT2D eigenvalue weighted by Crippen LogP contribution is 2.37. The smallest absolute Gasteiger partial charge is 0.410 e. The van der Waals surface area contributed by atoms with Crippen molar-refractivity contribution in [3.05, 3.63) is 17.0 Å². The summed E-state index contributed by atoms with van der Waals surface area (Å²) in [6.07, 6.45) is -3.81. The minimum absolute atomic E-state index is 0.0250. The average Bonchev–Trinajstić information content (AvgIpc) is 2.81. The summed E-state index contributed by atoms with van der Waals surface area (Å²) in [6, 6.07) is 3.49. The van der Waals surface area contributed by atoms with Gasteiger partial charge in [-0.15, -0.1) is 28.2 Å². The molecule has 3 aliphatic rings. The first-order chi connectivity index (χ1) is 17.1. The lowest BCUT2D eigenvalue weighted by atomic mass is 9.89. The standard InChI is InChI=1S/C23H35F3N6O3.H2S2/c1-21(2,3)35-20(33)32-12-15-7-8-16(32)11-31(15)18-10-9-17(19(28-18)30(6)29-34)27-14-22(4,5)13-23(24,25)26;1-2/h9-10,15-16,27H,7-8,11-14H2,1-6H3;1-2H. The van der Waals surface area contributed by atoms with Gasteiger partial charge in [0.25, 0.3) is 0 Å². The number of piperazine rings is 1. The first-order valence-corrected chi connectivity index (χ1v) is 13.5. The lowest BCUT2D eigenvalue weighted by Gasteiger charge is -2.51. The fraction of sp³-hybridized carbons (Fsp3) is 0.739. The van der Waals surface area contributed by atoms with Gasteiger partial charge in [0.1, 0.15) is 11.4 Å². The van der Waals surface area contributed by atoms with Crippen molar-refractivity contribution in [2.75, 3.05) is 41.9 Å². The highest BCUT2D eigenvalue weighted by molar-refractivity contribution is 8.59. The number of alkyl halides is 3. The van der Waals surface area contributed by atoms with Gasteiger partial charge in [0.05, 0.1) is 23.4 Å². The number of aromatic nitrogens is 1.